The molecule has 6 nitrogen and oxygen atoms in total. The number of aliphatic hydroxyl groups is 1. The van der Waals surface area contributed by atoms with E-state index in [9.17, 15) is 14.3 Å². The normalized spacial score (nSPS) is 13.4. The number of urea groups is 1. The van der Waals surface area contributed by atoms with Gasteiger partial charge in [0.05, 0.1) is 23.2 Å². The number of nitrogens with one attached hydrogen (secondary N) is 3. The number of amides is 2. The third-order valence-electron chi connectivity index (χ3n) is 3.89. The second-order valence-electron chi connectivity index (χ2n) is 5.75. The van der Waals surface area contributed by atoms with Crippen LogP contribution in [0.3, 0.4) is 0 Å². The zero-order valence-electron chi connectivity index (χ0n) is 13.7. The van der Waals surface area contributed by atoms with Crippen LogP contribution in [0.4, 0.5) is 9.18 Å². The predicted octanol–water partition coefficient (Wildman–Crippen LogP) is 2.80. The minimum Gasteiger partial charge on any atom is -0.386 e. The van der Waals surface area contributed by atoms with Gasteiger partial charge in [-0.25, -0.2) is 14.2 Å². The standard InChI is InChI=1S/C18H19FN4O2/c1-11(17-22-14-8-4-5-9-15(14)23-17)21-18(25)20-10-16(24)12-6-2-3-7-13(12)19/h2-9,11,16,24H,10H2,1H3,(H,22,23)(H2,20,21,25). The molecule has 0 saturated carbocycles. The van der Waals surface area contributed by atoms with Crippen molar-refractivity contribution in [2.45, 2.75) is 19.1 Å². The van der Waals surface area contributed by atoms with E-state index in [0.29, 0.717) is 5.82 Å². The largest absolute Gasteiger partial charge is 0.386 e. The van der Waals surface area contributed by atoms with Gasteiger partial charge in [0.15, 0.2) is 0 Å². The van der Waals surface area contributed by atoms with Crippen molar-refractivity contribution >= 4 is 17.1 Å². The van der Waals surface area contributed by atoms with Gasteiger partial charge in [-0.3, -0.25) is 0 Å². The van der Waals surface area contributed by atoms with Crippen LogP contribution in [0.5, 0.6) is 0 Å². The summed E-state index contributed by atoms with van der Waals surface area (Å²) in [6, 6.07) is 12.7. The summed E-state index contributed by atoms with van der Waals surface area (Å²) in [5, 5.41) is 15.3. The van der Waals surface area contributed by atoms with Crippen molar-refractivity contribution < 1.29 is 14.3 Å². The molecule has 1 heterocycles. The molecule has 0 radical (unpaired) electrons. The molecule has 2 amide bonds. The van der Waals surface area contributed by atoms with Gasteiger partial charge in [0, 0.05) is 12.1 Å². The molecular weight excluding hydrogens is 323 g/mol. The zero-order chi connectivity index (χ0) is 17.8. The van der Waals surface area contributed by atoms with Crippen LogP contribution in [0.1, 0.15) is 30.5 Å². The van der Waals surface area contributed by atoms with Crippen molar-refractivity contribution in [1.29, 1.82) is 0 Å². The molecule has 25 heavy (non-hydrogen) atoms. The third kappa shape index (κ3) is 3.95. The molecule has 3 rings (SSSR count). The Bertz CT molecular complexity index is 847. The second-order valence-corrected chi connectivity index (χ2v) is 5.75. The van der Waals surface area contributed by atoms with E-state index < -0.39 is 18.0 Å². The van der Waals surface area contributed by atoms with Crippen LogP contribution in [0, 0.1) is 5.82 Å². The Morgan fingerprint density at radius 3 is 2.72 bits per heavy atom. The van der Waals surface area contributed by atoms with Crippen LogP contribution >= 0.6 is 0 Å². The molecule has 2 atom stereocenters. The fourth-order valence-electron chi connectivity index (χ4n) is 2.54. The summed E-state index contributed by atoms with van der Waals surface area (Å²) in [5.41, 5.74) is 1.86. The first-order valence-corrected chi connectivity index (χ1v) is 7.96. The van der Waals surface area contributed by atoms with Crippen molar-refractivity contribution in [1.82, 2.24) is 20.6 Å². The van der Waals surface area contributed by atoms with Gasteiger partial charge >= 0.3 is 6.03 Å². The highest BCUT2D eigenvalue weighted by Crippen LogP contribution is 2.16. The number of rotatable bonds is 5. The summed E-state index contributed by atoms with van der Waals surface area (Å²) in [7, 11) is 0. The van der Waals surface area contributed by atoms with Crippen LogP contribution < -0.4 is 10.6 Å². The number of H-pyrrole nitrogens is 1. The van der Waals surface area contributed by atoms with Gasteiger partial charge in [0.1, 0.15) is 11.6 Å². The number of aliphatic hydroxyl groups excluding tert-OH is 1. The minimum absolute atomic E-state index is 0.0976. The summed E-state index contributed by atoms with van der Waals surface area (Å²) in [6.45, 7) is 1.70. The van der Waals surface area contributed by atoms with E-state index in [4.69, 9.17) is 0 Å². The number of hydrogen-bond acceptors (Lipinski definition) is 3. The van der Waals surface area contributed by atoms with Crippen LogP contribution in [-0.4, -0.2) is 27.7 Å². The van der Waals surface area contributed by atoms with Gasteiger partial charge in [0.25, 0.3) is 0 Å². The quantitative estimate of drug-likeness (QED) is 0.575. The highest BCUT2D eigenvalue weighted by Gasteiger charge is 2.16. The van der Waals surface area contributed by atoms with Crippen molar-refractivity contribution in [3.63, 3.8) is 0 Å². The van der Waals surface area contributed by atoms with Crippen LogP contribution in [0.15, 0.2) is 48.5 Å². The molecule has 4 N–H and O–H groups in total. The predicted molar refractivity (Wildman–Crippen MR) is 92.4 cm³/mol. The molecule has 2 aromatic carbocycles. The van der Waals surface area contributed by atoms with Crippen LogP contribution in [0.2, 0.25) is 0 Å². The van der Waals surface area contributed by atoms with Gasteiger partial charge in [0.2, 0.25) is 0 Å². The molecule has 0 saturated heterocycles. The lowest BCUT2D eigenvalue weighted by atomic mass is 10.1. The van der Waals surface area contributed by atoms with E-state index in [1.54, 1.807) is 19.1 Å². The molecule has 2 unspecified atom stereocenters. The summed E-state index contributed by atoms with van der Waals surface area (Å²) >= 11 is 0. The number of aromatic nitrogens is 2. The lowest BCUT2D eigenvalue weighted by Crippen LogP contribution is -2.39. The van der Waals surface area contributed by atoms with E-state index in [1.807, 2.05) is 24.3 Å². The number of nitrogens with zero attached hydrogens (tertiary/aromatic N) is 1. The van der Waals surface area contributed by atoms with Crippen molar-refractivity contribution in [3.8, 4) is 0 Å². The zero-order valence-corrected chi connectivity index (χ0v) is 13.7. The van der Waals surface area contributed by atoms with Crippen molar-refractivity contribution in [2.75, 3.05) is 6.54 Å². The molecule has 130 valence electrons. The number of carbonyl (C=O) groups excluding carboxylic acids is 1. The average molecular weight is 342 g/mol. The second kappa shape index (κ2) is 7.31. The van der Waals surface area contributed by atoms with Crippen LogP contribution in [0.25, 0.3) is 11.0 Å². The summed E-state index contributed by atoms with van der Waals surface area (Å²) in [4.78, 5) is 19.6. The first-order valence-electron chi connectivity index (χ1n) is 7.96. The smallest absolute Gasteiger partial charge is 0.315 e. The molecule has 0 aliphatic heterocycles. The molecule has 1 aromatic heterocycles. The number of aromatic amines is 1. The number of hydrogen-bond donors (Lipinski definition) is 4. The van der Waals surface area contributed by atoms with Gasteiger partial charge < -0.3 is 20.7 Å². The van der Waals surface area contributed by atoms with Gasteiger partial charge in [-0.2, -0.15) is 0 Å². The molecule has 3 aromatic rings. The first kappa shape index (κ1) is 16.9. The molecule has 7 heteroatoms. The topological polar surface area (TPSA) is 90.0 Å². The van der Waals surface area contributed by atoms with Gasteiger partial charge in [-0.15, -0.1) is 0 Å². The van der Waals surface area contributed by atoms with E-state index in [1.165, 1.54) is 12.1 Å². The minimum atomic E-state index is -1.12. The monoisotopic (exact) mass is 342 g/mol. The lowest BCUT2D eigenvalue weighted by molar-refractivity contribution is 0.168. The van der Waals surface area contributed by atoms with E-state index >= 15 is 0 Å². The molecule has 0 aliphatic rings. The Morgan fingerprint density at radius 2 is 1.96 bits per heavy atom. The van der Waals surface area contributed by atoms with Gasteiger partial charge in [-0.05, 0) is 25.1 Å². The van der Waals surface area contributed by atoms with Gasteiger partial charge in [-0.1, -0.05) is 30.3 Å². The highest BCUT2D eigenvalue weighted by molar-refractivity contribution is 5.76. The Hall–Kier alpha value is -2.93. The fourth-order valence-corrected chi connectivity index (χ4v) is 2.54. The number of halogens is 1. The number of imidazole rings is 1. The van der Waals surface area contributed by atoms with Crippen LogP contribution in [-0.2, 0) is 0 Å². The third-order valence-corrected chi connectivity index (χ3v) is 3.89. The SMILES string of the molecule is CC(NC(=O)NCC(O)c1ccccc1F)c1nc2ccccc2[nH]1. The molecule has 0 fully saturated rings. The number of benzene rings is 2. The number of para-hydroxylation sites is 2. The maximum atomic E-state index is 13.6. The maximum Gasteiger partial charge on any atom is 0.315 e. The summed E-state index contributed by atoms with van der Waals surface area (Å²) in [6.07, 6.45) is -1.12. The van der Waals surface area contributed by atoms with Crippen molar-refractivity contribution in [2.24, 2.45) is 0 Å². The van der Waals surface area contributed by atoms with Crippen molar-refractivity contribution in [3.05, 3.63) is 65.7 Å². The lowest BCUT2D eigenvalue weighted by Gasteiger charge is -2.15. The highest BCUT2D eigenvalue weighted by atomic mass is 19.1. The maximum absolute atomic E-state index is 13.6. The first-order chi connectivity index (χ1) is 12.0. The van der Waals surface area contributed by atoms with E-state index in [-0.39, 0.29) is 18.2 Å². The molecular formula is C18H19FN4O2. The Morgan fingerprint density at radius 1 is 1.24 bits per heavy atom. The molecule has 0 spiro atoms. The average Bonchev–Trinajstić information content (AvgIpc) is 3.04. The Labute approximate surface area is 144 Å². The van der Waals surface area contributed by atoms with E-state index in [0.717, 1.165) is 11.0 Å². The summed E-state index contributed by atoms with van der Waals surface area (Å²) < 4.78 is 13.6. The molecule has 0 bridgehead atoms. The number of fused-ring (bicyclic) bond motifs is 1. The van der Waals surface area contributed by atoms with E-state index in [2.05, 4.69) is 20.6 Å². The summed E-state index contributed by atoms with van der Waals surface area (Å²) in [5.74, 6) is 0.124. The number of carbonyl (C=O) groups is 1. The molecule has 0 aliphatic carbocycles. The fraction of sp³-hybridized carbons (Fsp3) is 0.222. The Balaban J connectivity index is 1.56. The Kier molecular flexibility index (Phi) is 4.95.